The number of Topliss-reactive ketones (excluding diaryl/α,β-unsaturated/α-hetero) is 1. The lowest BCUT2D eigenvalue weighted by molar-refractivity contribution is 0.0982. The predicted molar refractivity (Wildman–Crippen MR) is 51.1 cm³/mol. The van der Waals surface area contributed by atoms with E-state index in [-0.39, 0.29) is 29.8 Å². The van der Waals surface area contributed by atoms with E-state index in [1.165, 1.54) is 0 Å². The molecule has 0 fully saturated rings. The molecule has 0 atom stereocenters. The number of alkyl halides is 2. The second kappa shape index (κ2) is 4.84. The first-order valence-electron chi connectivity index (χ1n) is 4.40. The number of halogens is 2. The Bertz CT molecular complexity index is 366. The van der Waals surface area contributed by atoms with Crippen molar-refractivity contribution in [2.45, 2.75) is 12.8 Å². The largest absolute Gasteiger partial charge is 0.507 e. The van der Waals surface area contributed by atoms with Crippen LogP contribution in [0.1, 0.15) is 28.8 Å². The molecule has 0 heterocycles. The first-order valence-corrected chi connectivity index (χ1v) is 4.40. The first kappa shape index (κ1) is 11.6. The number of phenolic OH excluding ortho intramolecular Hbond substituents is 1. The smallest absolute Gasteiger partial charge is 0.263 e. The van der Waals surface area contributed by atoms with Crippen LogP contribution in [0.4, 0.5) is 8.78 Å². The molecule has 0 saturated heterocycles. The van der Waals surface area contributed by atoms with E-state index in [0.717, 1.165) is 18.2 Å². The molecule has 0 aliphatic carbocycles. The molecule has 1 aromatic carbocycles. The summed E-state index contributed by atoms with van der Waals surface area (Å²) in [6.07, 6.45) is -2.63. The highest BCUT2D eigenvalue weighted by Gasteiger charge is 2.14. The van der Waals surface area contributed by atoms with Gasteiger partial charge in [-0.3, -0.25) is 4.79 Å². The number of phenols is 1. The Hall–Kier alpha value is -1.49. The molecule has 0 bridgehead atoms. The van der Waals surface area contributed by atoms with E-state index in [1.807, 2.05) is 0 Å². The average molecular weight is 215 g/mol. The second-order valence-corrected chi connectivity index (χ2v) is 3.04. The molecule has 0 spiro atoms. The predicted octanol–water partition coefficient (Wildman–Crippen LogP) is 1.86. The second-order valence-electron chi connectivity index (χ2n) is 3.04. The van der Waals surface area contributed by atoms with Crippen LogP contribution < -0.4 is 5.73 Å². The molecule has 3 N–H and O–H groups in total. The Labute approximate surface area is 85.5 Å². The van der Waals surface area contributed by atoms with Crippen molar-refractivity contribution in [1.82, 2.24) is 0 Å². The average Bonchev–Trinajstić information content (AvgIpc) is 2.18. The van der Waals surface area contributed by atoms with Gasteiger partial charge in [-0.25, -0.2) is 8.78 Å². The van der Waals surface area contributed by atoms with Gasteiger partial charge in [0.2, 0.25) is 0 Å². The molecule has 1 aromatic rings. The number of benzene rings is 1. The number of rotatable bonds is 4. The summed E-state index contributed by atoms with van der Waals surface area (Å²) < 4.78 is 24.6. The Morgan fingerprint density at radius 3 is 2.67 bits per heavy atom. The summed E-state index contributed by atoms with van der Waals surface area (Å²) in [7, 11) is 0. The van der Waals surface area contributed by atoms with Gasteiger partial charge in [0.25, 0.3) is 6.43 Å². The molecule has 5 heteroatoms. The van der Waals surface area contributed by atoms with Crippen LogP contribution in [-0.4, -0.2) is 17.4 Å². The summed E-state index contributed by atoms with van der Waals surface area (Å²) in [5, 5.41) is 9.31. The number of hydrogen-bond donors (Lipinski definition) is 2. The van der Waals surface area contributed by atoms with Crippen molar-refractivity contribution >= 4 is 5.78 Å². The van der Waals surface area contributed by atoms with E-state index in [1.54, 1.807) is 0 Å². The molecule has 0 aliphatic rings. The number of nitrogens with two attached hydrogens (primary N) is 1. The first-order chi connectivity index (χ1) is 7.06. The van der Waals surface area contributed by atoms with Gasteiger partial charge in [-0.05, 0) is 24.7 Å². The van der Waals surface area contributed by atoms with Crippen molar-refractivity contribution in [2.24, 2.45) is 5.73 Å². The van der Waals surface area contributed by atoms with Crippen molar-refractivity contribution in [3.8, 4) is 5.75 Å². The third kappa shape index (κ3) is 2.73. The van der Waals surface area contributed by atoms with Crippen molar-refractivity contribution in [2.75, 3.05) is 6.54 Å². The molecule has 1 rings (SSSR count). The van der Waals surface area contributed by atoms with Gasteiger partial charge in [-0.15, -0.1) is 0 Å². The van der Waals surface area contributed by atoms with Crippen molar-refractivity contribution in [1.29, 1.82) is 0 Å². The van der Waals surface area contributed by atoms with Crippen LogP contribution in [0.15, 0.2) is 18.2 Å². The van der Waals surface area contributed by atoms with E-state index in [2.05, 4.69) is 0 Å². The molecule has 0 aromatic heterocycles. The summed E-state index contributed by atoms with van der Waals surface area (Å²) >= 11 is 0. The minimum absolute atomic E-state index is 0.0280. The van der Waals surface area contributed by atoms with E-state index >= 15 is 0 Å². The van der Waals surface area contributed by atoms with Crippen LogP contribution in [0.2, 0.25) is 0 Å². The van der Waals surface area contributed by atoms with E-state index in [4.69, 9.17) is 5.73 Å². The maximum Gasteiger partial charge on any atom is 0.263 e. The van der Waals surface area contributed by atoms with Gasteiger partial charge in [0.05, 0.1) is 5.56 Å². The molecular formula is C10H11F2NO2. The molecule has 0 saturated carbocycles. The normalized spacial score (nSPS) is 10.7. The van der Waals surface area contributed by atoms with Gasteiger partial charge in [-0.2, -0.15) is 0 Å². The van der Waals surface area contributed by atoms with E-state index in [0.29, 0.717) is 0 Å². The van der Waals surface area contributed by atoms with Gasteiger partial charge in [0.15, 0.2) is 5.78 Å². The SMILES string of the molecule is NCCC(=O)c1cc(C(F)F)ccc1O. The zero-order valence-corrected chi connectivity index (χ0v) is 7.91. The number of hydrogen-bond acceptors (Lipinski definition) is 3. The number of ketones is 1. The standard InChI is InChI=1S/C10H11F2NO2/c11-10(12)6-1-2-8(14)7(5-6)9(15)3-4-13/h1-2,5,10,14H,3-4,13H2. The van der Waals surface area contributed by atoms with Gasteiger partial charge in [0, 0.05) is 12.0 Å². The monoisotopic (exact) mass is 215 g/mol. The third-order valence-corrected chi connectivity index (χ3v) is 1.94. The topological polar surface area (TPSA) is 63.3 Å². The fourth-order valence-electron chi connectivity index (χ4n) is 1.18. The third-order valence-electron chi connectivity index (χ3n) is 1.94. The summed E-state index contributed by atoms with van der Waals surface area (Å²) in [5.41, 5.74) is 4.78. The highest BCUT2D eigenvalue weighted by Crippen LogP contribution is 2.25. The van der Waals surface area contributed by atoms with Crippen LogP contribution in [-0.2, 0) is 0 Å². The van der Waals surface area contributed by atoms with Gasteiger partial charge >= 0.3 is 0 Å². The van der Waals surface area contributed by atoms with Crippen molar-refractivity contribution in [3.05, 3.63) is 29.3 Å². The van der Waals surface area contributed by atoms with Crippen LogP contribution in [0.3, 0.4) is 0 Å². The van der Waals surface area contributed by atoms with Crippen LogP contribution in [0.5, 0.6) is 5.75 Å². The lowest BCUT2D eigenvalue weighted by atomic mass is 10.0. The quantitative estimate of drug-likeness (QED) is 0.753. The van der Waals surface area contributed by atoms with E-state index in [9.17, 15) is 18.7 Å². The number of aromatic hydroxyl groups is 1. The van der Waals surface area contributed by atoms with Crippen molar-refractivity contribution in [3.63, 3.8) is 0 Å². The molecule has 15 heavy (non-hydrogen) atoms. The lowest BCUT2D eigenvalue weighted by Gasteiger charge is -2.05. The summed E-state index contributed by atoms with van der Waals surface area (Å²) in [6, 6.07) is 3.17. The molecule has 0 aliphatic heterocycles. The molecule has 3 nitrogen and oxygen atoms in total. The lowest BCUT2D eigenvalue weighted by Crippen LogP contribution is -2.08. The highest BCUT2D eigenvalue weighted by molar-refractivity contribution is 5.98. The van der Waals surface area contributed by atoms with Gasteiger partial charge in [0.1, 0.15) is 5.75 Å². The molecule has 0 unspecified atom stereocenters. The van der Waals surface area contributed by atoms with Gasteiger partial charge in [-0.1, -0.05) is 0 Å². The fourth-order valence-corrected chi connectivity index (χ4v) is 1.18. The summed E-state index contributed by atoms with van der Waals surface area (Å²) in [4.78, 5) is 11.4. The van der Waals surface area contributed by atoms with Crippen LogP contribution in [0, 0.1) is 0 Å². The fraction of sp³-hybridized carbons (Fsp3) is 0.300. The Kier molecular flexibility index (Phi) is 3.74. The highest BCUT2D eigenvalue weighted by atomic mass is 19.3. The minimum atomic E-state index is -2.66. The van der Waals surface area contributed by atoms with Crippen LogP contribution in [0.25, 0.3) is 0 Å². The number of carbonyl (C=O) groups is 1. The minimum Gasteiger partial charge on any atom is -0.507 e. The van der Waals surface area contributed by atoms with Crippen molar-refractivity contribution < 1.29 is 18.7 Å². The zero-order valence-electron chi connectivity index (χ0n) is 7.91. The zero-order chi connectivity index (χ0) is 11.4. The Balaban J connectivity index is 3.05. The summed E-state index contributed by atoms with van der Waals surface area (Å²) in [5.74, 6) is -0.727. The molecule has 82 valence electrons. The number of carbonyl (C=O) groups excluding carboxylic acids is 1. The van der Waals surface area contributed by atoms with Gasteiger partial charge < -0.3 is 10.8 Å². The Morgan fingerprint density at radius 1 is 1.47 bits per heavy atom. The maximum absolute atomic E-state index is 12.3. The maximum atomic E-state index is 12.3. The summed E-state index contributed by atoms with van der Waals surface area (Å²) in [6.45, 7) is 0.122. The van der Waals surface area contributed by atoms with Crippen LogP contribution >= 0.6 is 0 Å². The molecular weight excluding hydrogens is 204 g/mol. The Morgan fingerprint density at radius 2 is 2.13 bits per heavy atom. The van der Waals surface area contributed by atoms with E-state index < -0.39 is 12.2 Å². The molecule has 0 radical (unpaired) electrons. The molecule has 0 amide bonds.